The second kappa shape index (κ2) is 9.20. The van der Waals surface area contributed by atoms with Gasteiger partial charge < -0.3 is 15.1 Å². The summed E-state index contributed by atoms with van der Waals surface area (Å²) in [6, 6.07) is 18.0. The van der Waals surface area contributed by atoms with Gasteiger partial charge in [0.05, 0.1) is 12.3 Å². The van der Waals surface area contributed by atoms with E-state index in [1.165, 1.54) is 0 Å². The number of para-hydroxylation sites is 1. The summed E-state index contributed by atoms with van der Waals surface area (Å²) < 4.78 is 6.28. The van der Waals surface area contributed by atoms with Gasteiger partial charge in [-0.25, -0.2) is 10.6 Å². The predicted molar refractivity (Wildman–Crippen MR) is 111 cm³/mol. The van der Waals surface area contributed by atoms with E-state index in [1.54, 1.807) is 18.4 Å². The number of urea groups is 1. The van der Waals surface area contributed by atoms with Crippen LogP contribution in [0, 0.1) is 0 Å². The number of carbonyl (C=O) groups is 2. The van der Waals surface area contributed by atoms with Gasteiger partial charge in [0.15, 0.2) is 5.78 Å². The van der Waals surface area contributed by atoms with E-state index in [2.05, 4.69) is 26.6 Å². The van der Waals surface area contributed by atoms with Crippen molar-refractivity contribution >= 4 is 39.1 Å². The van der Waals surface area contributed by atoms with Crippen molar-refractivity contribution in [3.05, 3.63) is 82.7 Å². The first-order valence-corrected chi connectivity index (χ1v) is 9.31. The Bertz CT molecular complexity index is 942. The van der Waals surface area contributed by atoms with Crippen molar-refractivity contribution in [1.82, 2.24) is 5.43 Å². The zero-order chi connectivity index (χ0) is 19.9. The van der Waals surface area contributed by atoms with Crippen LogP contribution < -0.4 is 21.9 Å². The molecule has 144 valence electrons. The molecule has 0 radical (unpaired) electrons. The number of rotatable bonds is 2. The summed E-state index contributed by atoms with van der Waals surface area (Å²) in [7, 11) is 0. The lowest BCUT2D eigenvalue weighted by Gasteiger charge is -2.24. The van der Waals surface area contributed by atoms with Gasteiger partial charge in [-0.1, -0.05) is 28.1 Å². The van der Waals surface area contributed by atoms with Crippen molar-refractivity contribution in [2.24, 2.45) is 5.84 Å². The highest BCUT2D eigenvalue weighted by molar-refractivity contribution is 9.10. The number of nitrogens with two attached hydrogens (primary N) is 1. The maximum Gasteiger partial charge on any atom is 0.333 e. The second-order valence-corrected chi connectivity index (χ2v) is 6.91. The third-order valence-electron chi connectivity index (χ3n) is 4.07. The number of Topliss-reactive ketones (excluding diaryl/α,β-unsaturated/α-hetero) is 1. The van der Waals surface area contributed by atoms with Crippen LogP contribution in [0.3, 0.4) is 0 Å². The van der Waals surface area contributed by atoms with Crippen molar-refractivity contribution in [3.8, 4) is 0 Å². The van der Waals surface area contributed by atoms with Crippen molar-refractivity contribution in [3.63, 3.8) is 0 Å². The fourth-order valence-corrected chi connectivity index (χ4v) is 3.01. The Balaban J connectivity index is 0.000000169. The van der Waals surface area contributed by atoms with Gasteiger partial charge in [0.2, 0.25) is 0 Å². The van der Waals surface area contributed by atoms with Crippen molar-refractivity contribution in [1.29, 1.82) is 0 Å². The number of carbonyl (C=O) groups excluding carboxylic acids is 2. The molecule has 1 atom stereocenters. The monoisotopic (exact) mass is 442 g/mol. The van der Waals surface area contributed by atoms with E-state index in [0.29, 0.717) is 12.1 Å². The van der Waals surface area contributed by atoms with Gasteiger partial charge in [0.25, 0.3) is 0 Å². The van der Waals surface area contributed by atoms with Crippen LogP contribution in [0.15, 0.2) is 75.8 Å². The van der Waals surface area contributed by atoms with Crippen LogP contribution in [0.2, 0.25) is 0 Å². The molecule has 0 fully saturated rings. The van der Waals surface area contributed by atoms with Gasteiger partial charge in [-0.05, 0) is 48.5 Å². The topological polar surface area (TPSA) is 109 Å². The molecule has 1 aliphatic rings. The fourth-order valence-electron chi connectivity index (χ4n) is 2.75. The van der Waals surface area contributed by atoms with Gasteiger partial charge in [-0.15, -0.1) is 0 Å². The first kappa shape index (κ1) is 19.7. The normalized spacial score (nSPS) is 14.8. The molecule has 4 rings (SSSR count). The zero-order valence-corrected chi connectivity index (χ0v) is 16.4. The number of benzene rings is 2. The van der Waals surface area contributed by atoms with Gasteiger partial charge in [-0.2, -0.15) is 0 Å². The molecule has 8 heteroatoms. The third kappa shape index (κ3) is 4.99. The number of hydrazine groups is 1. The van der Waals surface area contributed by atoms with Gasteiger partial charge in [0.1, 0.15) is 5.76 Å². The Hall–Kier alpha value is -3.10. The minimum atomic E-state index is -0.433. The molecule has 1 aromatic heterocycles. The number of anilines is 2. The maximum absolute atomic E-state index is 11.9. The zero-order valence-electron chi connectivity index (χ0n) is 14.8. The molecule has 5 N–H and O–H groups in total. The molecule has 0 bridgehead atoms. The molecule has 2 aromatic carbocycles. The van der Waals surface area contributed by atoms with Crippen LogP contribution in [-0.2, 0) is 0 Å². The fraction of sp³-hybridized carbons (Fsp3) is 0.100. The van der Waals surface area contributed by atoms with Crippen LogP contribution >= 0.6 is 15.9 Å². The van der Waals surface area contributed by atoms with Gasteiger partial charge in [0, 0.05) is 27.8 Å². The molecule has 2 heterocycles. The summed E-state index contributed by atoms with van der Waals surface area (Å²) in [5.41, 5.74) is 4.32. The minimum Gasteiger partial charge on any atom is -0.467 e. The Kier molecular flexibility index (Phi) is 6.46. The first-order valence-electron chi connectivity index (χ1n) is 8.52. The van der Waals surface area contributed by atoms with Crippen LogP contribution in [-0.4, -0.2) is 11.8 Å². The quantitative estimate of drug-likeness (QED) is 0.266. The molecular weight excluding hydrogens is 424 g/mol. The van der Waals surface area contributed by atoms with Crippen LogP contribution in [0.25, 0.3) is 0 Å². The lowest BCUT2D eigenvalue weighted by Crippen LogP contribution is -2.34. The van der Waals surface area contributed by atoms with E-state index in [1.807, 2.05) is 54.0 Å². The number of amides is 2. The number of halogens is 1. The van der Waals surface area contributed by atoms with Crippen LogP contribution in [0.1, 0.15) is 28.6 Å². The summed E-state index contributed by atoms with van der Waals surface area (Å²) in [5, 5.41) is 5.84. The van der Waals surface area contributed by atoms with Crippen LogP contribution in [0.4, 0.5) is 16.2 Å². The Labute approximate surface area is 170 Å². The summed E-state index contributed by atoms with van der Waals surface area (Å²) in [4.78, 5) is 22.6. The highest BCUT2D eigenvalue weighted by Crippen LogP contribution is 2.32. The van der Waals surface area contributed by atoms with Gasteiger partial charge >= 0.3 is 6.03 Å². The van der Waals surface area contributed by atoms with E-state index in [0.717, 1.165) is 21.5 Å². The largest absolute Gasteiger partial charge is 0.467 e. The average Bonchev–Trinajstić information content (AvgIpc) is 3.25. The van der Waals surface area contributed by atoms with Crippen molar-refractivity contribution < 1.29 is 14.0 Å². The molecule has 1 unspecified atom stereocenters. The number of fused-ring (bicyclic) bond motifs is 1. The molecule has 0 saturated carbocycles. The highest BCUT2D eigenvalue weighted by atomic mass is 79.9. The molecule has 3 aromatic rings. The van der Waals surface area contributed by atoms with Gasteiger partial charge in [-0.3, -0.25) is 10.2 Å². The molecular formula is C20H19BrN4O3. The Morgan fingerprint density at radius 1 is 1.11 bits per heavy atom. The van der Waals surface area contributed by atoms with Crippen LogP contribution in [0.5, 0.6) is 0 Å². The lowest BCUT2D eigenvalue weighted by atomic mass is 9.95. The maximum atomic E-state index is 11.9. The SMILES string of the molecule is NNC(=O)Nc1ccc(Br)cc1.O=C1CC(c2ccco2)Nc2ccccc21. The highest BCUT2D eigenvalue weighted by Gasteiger charge is 2.26. The number of hydrogen-bond acceptors (Lipinski definition) is 5. The molecule has 7 nitrogen and oxygen atoms in total. The smallest absolute Gasteiger partial charge is 0.333 e. The number of ketones is 1. The van der Waals surface area contributed by atoms with E-state index in [4.69, 9.17) is 10.3 Å². The summed E-state index contributed by atoms with van der Waals surface area (Å²) in [6.45, 7) is 0. The van der Waals surface area contributed by atoms with E-state index in [9.17, 15) is 9.59 Å². The molecule has 0 saturated heterocycles. The standard InChI is InChI=1S/C13H11NO2.C7H8BrN3O/c15-12-8-11(13-6-3-7-16-13)14-10-5-2-1-4-9(10)12;8-5-1-3-6(4-2-5)10-7(12)11-9/h1-7,11,14H,8H2;1-4H,9H2,(H2,10,11,12). The number of furan rings is 1. The average molecular weight is 443 g/mol. The molecule has 0 spiro atoms. The Morgan fingerprint density at radius 3 is 2.54 bits per heavy atom. The van der Waals surface area contributed by atoms with Crippen molar-refractivity contribution in [2.75, 3.05) is 10.6 Å². The van der Waals surface area contributed by atoms with E-state index < -0.39 is 6.03 Å². The minimum absolute atomic E-state index is 0.0441. The molecule has 2 amide bonds. The van der Waals surface area contributed by atoms with E-state index in [-0.39, 0.29) is 11.8 Å². The molecule has 28 heavy (non-hydrogen) atoms. The third-order valence-corrected chi connectivity index (χ3v) is 4.60. The number of hydrogen-bond donors (Lipinski definition) is 4. The van der Waals surface area contributed by atoms with Crippen molar-refractivity contribution in [2.45, 2.75) is 12.5 Å². The summed E-state index contributed by atoms with van der Waals surface area (Å²) in [6.07, 6.45) is 2.08. The molecule has 1 aliphatic heterocycles. The lowest BCUT2D eigenvalue weighted by molar-refractivity contribution is 0.0969. The first-order chi connectivity index (χ1) is 13.6. The summed E-state index contributed by atoms with van der Waals surface area (Å²) in [5.74, 6) is 5.85. The number of nitrogens with one attached hydrogen (secondary N) is 3. The predicted octanol–water partition coefficient (Wildman–Crippen LogP) is 4.46. The van der Waals surface area contributed by atoms with E-state index >= 15 is 0 Å². The second-order valence-electron chi connectivity index (χ2n) is 5.99. The summed E-state index contributed by atoms with van der Waals surface area (Å²) >= 11 is 3.28. The Morgan fingerprint density at radius 2 is 1.86 bits per heavy atom. The molecule has 0 aliphatic carbocycles.